The van der Waals surface area contributed by atoms with E-state index >= 15 is 0 Å². The number of hydrogen-bond donors (Lipinski definition) is 2. The predicted molar refractivity (Wildman–Crippen MR) is 187 cm³/mol. The molecule has 2 aromatic rings. The summed E-state index contributed by atoms with van der Waals surface area (Å²) in [5.41, 5.74) is 2.11. The Morgan fingerprint density at radius 1 is 0.811 bits per heavy atom. The van der Waals surface area contributed by atoms with Crippen molar-refractivity contribution < 1.29 is 40.7 Å². The molecule has 0 aromatic heterocycles. The van der Waals surface area contributed by atoms with Crippen molar-refractivity contribution in [3.8, 4) is 0 Å². The van der Waals surface area contributed by atoms with Gasteiger partial charge in [-0.05, 0) is 88.0 Å². The molecule has 3 N–H and O–H groups in total. The summed E-state index contributed by atoms with van der Waals surface area (Å²) in [6.07, 6.45) is -7.61. The third kappa shape index (κ3) is 9.02. The average Bonchev–Trinajstić information content (AvgIpc) is 3.29. The maximum atomic E-state index is 14.1. The number of nitrogen functional groups attached to an aromatic ring is 1. The van der Waals surface area contributed by atoms with Crippen LogP contribution in [0.1, 0.15) is 54.4 Å². The molecular weight excluding hydrogens is 704 g/mol. The third-order valence-corrected chi connectivity index (χ3v) is 11.3. The highest BCUT2D eigenvalue weighted by molar-refractivity contribution is 5.91. The summed E-state index contributed by atoms with van der Waals surface area (Å²) >= 11 is 0. The van der Waals surface area contributed by atoms with Crippen LogP contribution in [0.3, 0.4) is 0 Å². The number of likely N-dealkylation sites (tertiary alicyclic amines) is 2. The third-order valence-electron chi connectivity index (χ3n) is 11.3. The van der Waals surface area contributed by atoms with Gasteiger partial charge >= 0.3 is 18.4 Å². The molecule has 3 fully saturated rings. The molecule has 0 aliphatic carbocycles. The van der Waals surface area contributed by atoms with E-state index < -0.39 is 53.3 Å². The van der Waals surface area contributed by atoms with Gasteiger partial charge in [-0.3, -0.25) is 14.5 Å². The summed E-state index contributed by atoms with van der Waals surface area (Å²) in [5.74, 6) is -2.09. The molecular formula is C37H47F6N7O3. The Morgan fingerprint density at radius 3 is 2.00 bits per heavy atom. The first-order chi connectivity index (χ1) is 25.1. The highest BCUT2D eigenvalue weighted by atomic mass is 19.4. The molecule has 4 heterocycles. The molecule has 53 heavy (non-hydrogen) atoms. The Labute approximate surface area is 305 Å². The zero-order valence-electron chi connectivity index (χ0n) is 29.8. The first kappa shape index (κ1) is 38.7. The number of carbonyl (C=O) groups excluding carboxylic acids is 3. The van der Waals surface area contributed by atoms with Crippen LogP contribution < -0.4 is 11.1 Å². The van der Waals surface area contributed by atoms with Crippen molar-refractivity contribution in [2.24, 2.45) is 5.92 Å². The predicted octanol–water partition coefficient (Wildman–Crippen LogP) is 5.17. The number of urea groups is 1. The van der Waals surface area contributed by atoms with Gasteiger partial charge in [-0.2, -0.15) is 26.3 Å². The molecule has 10 nitrogen and oxygen atoms in total. The van der Waals surface area contributed by atoms with Crippen LogP contribution in [-0.2, 0) is 34.8 Å². The van der Waals surface area contributed by atoms with Gasteiger partial charge < -0.3 is 30.7 Å². The molecule has 0 radical (unpaired) electrons. The van der Waals surface area contributed by atoms with E-state index in [1.165, 1.54) is 0 Å². The number of amides is 4. The molecule has 1 atom stereocenters. The number of carbonyl (C=O) groups is 3. The van der Waals surface area contributed by atoms with E-state index in [9.17, 15) is 40.7 Å². The van der Waals surface area contributed by atoms with Gasteiger partial charge in [0.25, 0.3) is 0 Å². The molecule has 16 heteroatoms. The largest absolute Gasteiger partial charge is 0.418 e. The topological polar surface area (TPSA) is 105 Å². The van der Waals surface area contributed by atoms with E-state index in [0.717, 1.165) is 37.2 Å². The molecule has 290 valence electrons. The number of alkyl halides is 6. The zero-order chi connectivity index (χ0) is 38.1. The van der Waals surface area contributed by atoms with E-state index in [0.29, 0.717) is 70.2 Å². The fraction of sp³-hybridized carbons (Fsp3) is 0.595. The van der Waals surface area contributed by atoms with Crippen molar-refractivity contribution in [1.82, 2.24) is 24.5 Å². The summed E-state index contributed by atoms with van der Waals surface area (Å²) in [7, 11) is 2.07. The number of piperidine rings is 2. The number of anilines is 2. The van der Waals surface area contributed by atoms with Crippen molar-refractivity contribution in [2.75, 3.05) is 77.0 Å². The van der Waals surface area contributed by atoms with Gasteiger partial charge in [0.05, 0.1) is 22.7 Å². The quantitative estimate of drug-likeness (QED) is 0.299. The van der Waals surface area contributed by atoms with Gasteiger partial charge in [0.2, 0.25) is 11.8 Å². The highest BCUT2D eigenvalue weighted by Gasteiger charge is 2.42. The number of piperazine rings is 1. The molecule has 4 aliphatic rings. The molecule has 0 spiro atoms. The molecule has 1 unspecified atom stereocenters. The van der Waals surface area contributed by atoms with Gasteiger partial charge in [-0.25, -0.2) is 4.79 Å². The number of para-hydroxylation sites is 1. The lowest BCUT2D eigenvalue weighted by Crippen LogP contribution is -2.55. The Bertz CT molecular complexity index is 1610. The number of fused-ring (bicyclic) bond motifs is 1. The molecule has 2 aromatic carbocycles. The Kier molecular flexibility index (Phi) is 11.5. The molecule has 4 amide bonds. The van der Waals surface area contributed by atoms with Gasteiger partial charge in [-0.1, -0.05) is 18.2 Å². The minimum atomic E-state index is -5.17. The van der Waals surface area contributed by atoms with Gasteiger partial charge in [0.1, 0.15) is 0 Å². The smallest absolute Gasteiger partial charge is 0.398 e. The van der Waals surface area contributed by atoms with Crippen molar-refractivity contribution in [1.29, 1.82) is 0 Å². The maximum absolute atomic E-state index is 14.1. The SMILES string of the molecule is CN1CCC(N2CCN(C(=O)C(CC(=O)N3CCC(N4CCc5ccccc5NC4=O)CC3)Cc3cc(C(F)(F)F)c(N)c(C(F)(F)F)c3)CC2)CC1. The number of nitrogens with two attached hydrogens (primary N) is 1. The second kappa shape index (κ2) is 15.7. The van der Waals surface area contributed by atoms with Gasteiger partial charge in [-0.15, -0.1) is 0 Å². The maximum Gasteiger partial charge on any atom is 0.418 e. The fourth-order valence-electron chi connectivity index (χ4n) is 8.26. The van der Waals surface area contributed by atoms with Crippen LogP contribution in [0.5, 0.6) is 0 Å². The number of nitrogens with zero attached hydrogens (tertiary/aromatic N) is 5. The van der Waals surface area contributed by atoms with Crippen LogP contribution >= 0.6 is 0 Å². The minimum absolute atomic E-state index is 0.136. The van der Waals surface area contributed by atoms with E-state index in [1.54, 1.807) is 14.7 Å². The van der Waals surface area contributed by atoms with Crippen LogP contribution in [0.25, 0.3) is 0 Å². The minimum Gasteiger partial charge on any atom is -0.398 e. The molecule has 3 saturated heterocycles. The summed E-state index contributed by atoms with van der Waals surface area (Å²) < 4.78 is 83.5. The molecule has 4 aliphatic heterocycles. The number of rotatable bonds is 7. The van der Waals surface area contributed by atoms with Crippen LogP contribution in [0.2, 0.25) is 0 Å². The summed E-state index contributed by atoms with van der Waals surface area (Å²) in [5, 5.41) is 2.96. The van der Waals surface area contributed by atoms with E-state index in [2.05, 4.69) is 22.2 Å². The molecule has 0 saturated carbocycles. The van der Waals surface area contributed by atoms with Crippen LogP contribution in [0.4, 0.5) is 42.5 Å². The van der Waals surface area contributed by atoms with Crippen LogP contribution in [0, 0.1) is 5.92 Å². The lowest BCUT2D eigenvalue weighted by molar-refractivity contribution is -0.143. The Morgan fingerprint density at radius 2 is 1.40 bits per heavy atom. The summed E-state index contributed by atoms with van der Waals surface area (Å²) in [4.78, 5) is 50.5. The Balaban J connectivity index is 1.16. The van der Waals surface area contributed by atoms with Crippen molar-refractivity contribution in [3.63, 3.8) is 0 Å². The van der Waals surface area contributed by atoms with E-state index in [4.69, 9.17) is 5.73 Å². The average molecular weight is 752 g/mol. The number of halogens is 6. The second-order valence-electron chi connectivity index (χ2n) is 14.7. The summed E-state index contributed by atoms with van der Waals surface area (Å²) in [6, 6.07) is 8.71. The zero-order valence-corrected chi connectivity index (χ0v) is 29.8. The van der Waals surface area contributed by atoms with Crippen molar-refractivity contribution in [2.45, 2.75) is 69.4 Å². The normalized spacial score (nSPS) is 20.9. The standard InChI is InChI=1S/C37H47F6N7O3/c1-46-11-7-27(8-12-46)47-16-18-49(19-17-47)34(52)26(20-24-21-29(36(38,39)40)33(44)30(22-24)37(41,42)43)23-32(51)48-13-9-28(10-14-48)50-15-6-25-4-2-3-5-31(25)45-35(50)53/h2-5,21-22,26-28H,6-20,23,44H2,1H3,(H,45,53). The highest BCUT2D eigenvalue weighted by Crippen LogP contribution is 2.42. The fourth-order valence-corrected chi connectivity index (χ4v) is 8.26. The second-order valence-corrected chi connectivity index (χ2v) is 14.7. The lowest BCUT2D eigenvalue weighted by Gasteiger charge is -2.43. The van der Waals surface area contributed by atoms with Crippen LogP contribution in [0.15, 0.2) is 36.4 Å². The number of hydrogen-bond acceptors (Lipinski definition) is 6. The molecule has 0 bridgehead atoms. The number of nitrogens with one attached hydrogen (secondary N) is 1. The number of benzene rings is 2. The van der Waals surface area contributed by atoms with E-state index in [1.807, 2.05) is 24.3 Å². The monoisotopic (exact) mass is 751 g/mol. The lowest BCUT2D eigenvalue weighted by atomic mass is 9.90. The Hall–Kier alpha value is -4.05. The van der Waals surface area contributed by atoms with Gasteiger partial charge in [0.15, 0.2) is 0 Å². The first-order valence-corrected chi connectivity index (χ1v) is 18.3. The summed E-state index contributed by atoms with van der Waals surface area (Å²) in [6.45, 7) is 4.86. The van der Waals surface area contributed by atoms with Crippen LogP contribution in [-0.4, -0.2) is 120 Å². The van der Waals surface area contributed by atoms with E-state index in [-0.39, 0.29) is 37.1 Å². The van der Waals surface area contributed by atoms with Gasteiger partial charge in [0, 0.05) is 70.0 Å². The first-order valence-electron chi connectivity index (χ1n) is 18.3. The van der Waals surface area contributed by atoms with Crippen molar-refractivity contribution >= 4 is 29.2 Å². The van der Waals surface area contributed by atoms with Crippen molar-refractivity contribution in [3.05, 3.63) is 58.7 Å². The molecule has 6 rings (SSSR count).